The Balaban J connectivity index is 1.84. The third-order valence-corrected chi connectivity index (χ3v) is 4.29. The lowest BCUT2D eigenvalue weighted by Crippen LogP contribution is -2.31. The number of nitrogens with one attached hydrogen (secondary N) is 1. The van der Waals surface area contributed by atoms with Crippen LogP contribution >= 0.6 is 0 Å². The largest absolute Gasteiger partial charge is 0.481 e. The van der Waals surface area contributed by atoms with Gasteiger partial charge in [-0.1, -0.05) is 68.4 Å². The molecule has 1 atom stereocenters. The molecule has 2 N–H and O–H groups in total. The number of aliphatic carboxylic acids is 1. The Bertz CT molecular complexity index is 693. The van der Waals surface area contributed by atoms with Gasteiger partial charge in [-0.2, -0.15) is 0 Å². The van der Waals surface area contributed by atoms with Crippen LogP contribution in [0.2, 0.25) is 0 Å². The Kier molecular flexibility index (Phi) is 6.75. The van der Waals surface area contributed by atoms with Crippen LogP contribution < -0.4 is 5.32 Å². The van der Waals surface area contributed by atoms with Crippen molar-refractivity contribution in [3.63, 3.8) is 0 Å². The van der Waals surface area contributed by atoms with E-state index in [9.17, 15) is 14.7 Å². The summed E-state index contributed by atoms with van der Waals surface area (Å²) in [6, 6.07) is 17.2. The van der Waals surface area contributed by atoms with E-state index in [1.54, 1.807) is 24.3 Å². The van der Waals surface area contributed by atoms with Gasteiger partial charge in [0.2, 0.25) is 5.91 Å². The fourth-order valence-corrected chi connectivity index (χ4v) is 2.66. The van der Waals surface area contributed by atoms with Gasteiger partial charge in [0.1, 0.15) is 0 Å². The Morgan fingerprint density at radius 1 is 0.960 bits per heavy atom. The molecule has 1 amide bonds. The maximum absolute atomic E-state index is 12.0. The molecule has 1 unspecified atom stereocenters. The number of benzene rings is 2. The second kappa shape index (κ2) is 9.02. The van der Waals surface area contributed by atoms with Gasteiger partial charge in [0.05, 0.1) is 5.92 Å². The van der Waals surface area contributed by atoms with Crippen molar-refractivity contribution in [3.8, 4) is 0 Å². The molecule has 4 nitrogen and oxygen atoms in total. The fraction of sp³-hybridized carbons (Fsp3) is 0.333. The number of aryl methyl sites for hydroxylation is 1. The third-order valence-electron chi connectivity index (χ3n) is 4.29. The average Bonchev–Trinajstić information content (AvgIpc) is 2.61. The summed E-state index contributed by atoms with van der Waals surface area (Å²) in [7, 11) is 0. The summed E-state index contributed by atoms with van der Waals surface area (Å²) in [4.78, 5) is 23.5. The lowest BCUT2D eigenvalue weighted by molar-refractivity contribution is -0.138. The van der Waals surface area contributed by atoms with E-state index in [4.69, 9.17) is 0 Å². The van der Waals surface area contributed by atoms with Gasteiger partial charge in [0, 0.05) is 13.0 Å². The van der Waals surface area contributed by atoms with Crippen molar-refractivity contribution in [3.05, 3.63) is 71.3 Å². The number of carbonyl (C=O) groups excluding carboxylic acids is 1. The Morgan fingerprint density at radius 3 is 2.16 bits per heavy atom. The van der Waals surface area contributed by atoms with Crippen molar-refractivity contribution in [1.29, 1.82) is 0 Å². The zero-order valence-corrected chi connectivity index (χ0v) is 14.7. The molecule has 4 heteroatoms. The number of carboxylic acids is 1. The van der Waals surface area contributed by atoms with E-state index in [0.29, 0.717) is 24.3 Å². The number of hydrogen-bond donors (Lipinski definition) is 2. The van der Waals surface area contributed by atoms with Crippen LogP contribution in [0.5, 0.6) is 0 Å². The summed E-state index contributed by atoms with van der Waals surface area (Å²) in [6.45, 7) is 4.40. The highest BCUT2D eigenvalue weighted by atomic mass is 16.4. The average molecular weight is 339 g/mol. The molecule has 0 aliphatic heterocycles. The first-order valence-electron chi connectivity index (χ1n) is 8.60. The number of hydrogen-bond acceptors (Lipinski definition) is 2. The normalized spacial score (nSPS) is 12.0. The smallest absolute Gasteiger partial charge is 0.312 e. The number of rotatable bonds is 8. The number of amides is 1. The first-order chi connectivity index (χ1) is 12.0. The van der Waals surface area contributed by atoms with E-state index in [-0.39, 0.29) is 12.5 Å². The Hall–Kier alpha value is -2.62. The molecule has 0 heterocycles. The van der Waals surface area contributed by atoms with Crippen molar-refractivity contribution < 1.29 is 14.7 Å². The van der Waals surface area contributed by atoms with Gasteiger partial charge in [-0.3, -0.25) is 9.59 Å². The monoisotopic (exact) mass is 339 g/mol. The minimum absolute atomic E-state index is 0.102. The maximum Gasteiger partial charge on any atom is 0.312 e. The van der Waals surface area contributed by atoms with Crippen LogP contribution in [-0.4, -0.2) is 23.5 Å². The van der Waals surface area contributed by atoms with Crippen LogP contribution in [0.4, 0.5) is 0 Å². The third kappa shape index (κ3) is 5.75. The molecular weight excluding hydrogens is 314 g/mol. The molecule has 0 fully saturated rings. The standard InChI is InChI=1S/C21H25NO3/c1-15(2)17-11-8-16(9-12-17)10-13-20(23)22-14-19(21(24)25)18-6-4-3-5-7-18/h3-9,11-12,15,19H,10,13-14H2,1-2H3,(H,22,23)(H,24,25). The van der Waals surface area contributed by atoms with Crippen LogP contribution in [-0.2, 0) is 16.0 Å². The first kappa shape index (κ1) is 18.7. The number of carboxylic acid groups (broad SMARTS) is 1. The van der Waals surface area contributed by atoms with Crippen LogP contribution in [0.3, 0.4) is 0 Å². The second-order valence-corrected chi connectivity index (χ2v) is 6.50. The summed E-state index contributed by atoms with van der Waals surface area (Å²) < 4.78 is 0. The maximum atomic E-state index is 12.0. The summed E-state index contributed by atoms with van der Waals surface area (Å²) in [5.74, 6) is -1.30. The quantitative estimate of drug-likeness (QED) is 0.770. The predicted molar refractivity (Wildman–Crippen MR) is 98.7 cm³/mol. The topological polar surface area (TPSA) is 66.4 Å². The molecule has 2 aromatic rings. The van der Waals surface area contributed by atoms with Crippen molar-refractivity contribution in [2.45, 2.75) is 38.5 Å². The summed E-state index contributed by atoms with van der Waals surface area (Å²) in [5.41, 5.74) is 3.08. The van der Waals surface area contributed by atoms with Gasteiger partial charge in [0.25, 0.3) is 0 Å². The summed E-state index contributed by atoms with van der Waals surface area (Å²) >= 11 is 0. The minimum atomic E-state index is -0.934. The Morgan fingerprint density at radius 2 is 1.60 bits per heavy atom. The van der Waals surface area contributed by atoms with Crippen molar-refractivity contribution >= 4 is 11.9 Å². The van der Waals surface area contributed by atoms with Gasteiger partial charge >= 0.3 is 5.97 Å². The van der Waals surface area contributed by atoms with E-state index in [1.165, 1.54) is 5.56 Å². The molecule has 0 aliphatic carbocycles. The predicted octanol–water partition coefficient (Wildman–Crippen LogP) is 3.73. The molecule has 0 spiro atoms. The van der Waals surface area contributed by atoms with E-state index >= 15 is 0 Å². The van der Waals surface area contributed by atoms with Gasteiger partial charge in [-0.25, -0.2) is 0 Å². The van der Waals surface area contributed by atoms with E-state index in [0.717, 1.165) is 5.56 Å². The molecule has 0 bridgehead atoms. The molecule has 132 valence electrons. The zero-order valence-electron chi connectivity index (χ0n) is 14.7. The first-order valence-corrected chi connectivity index (χ1v) is 8.60. The highest BCUT2D eigenvalue weighted by Crippen LogP contribution is 2.16. The molecule has 0 radical (unpaired) electrons. The summed E-state index contributed by atoms with van der Waals surface area (Å²) in [6.07, 6.45) is 0.995. The fourth-order valence-electron chi connectivity index (χ4n) is 2.66. The van der Waals surface area contributed by atoms with Crippen molar-refractivity contribution in [1.82, 2.24) is 5.32 Å². The zero-order chi connectivity index (χ0) is 18.2. The molecule has 0 aromatic heterocycles. The molecule has 2 aromatic carbocycles. The highest BCUT2D eigenvalue weighted by molar-refractivity contribution is 5.79. The molecular formula is C21H25NO3. The molecule has 25 heavy (non-hydrogen) atoms. The van der Waals surface area contributed by atoms with Crippen LogP contribution in [0.15, 0.2) is 54.6 Å². The lowest BCUT2D eigenvalue weighted by Gasteiger charge is -2.14. The van der Waals surface area contributed by atoms with E-state index in [1.807, 2.05) is 18.2 Å². The highest BCUT2D eigenvalue weighted by Gasteiger charge is 2.20. The molecule has 0 saturated heterocycles. The molecule has 0 saturated carbocycles. The Labute approximate surface area is 148 Å². The lowest BCUT2D eigenvalue weighted by atomic mass is 9.99. The number of carbonyl (C=O) groups is 2. The van der Waals surface area contributed by atoms with Crippen LogP contribution in [0.1, 0.15) is 48.8 Å². The van der Waals surface area contributed by atoms with Gasteiger partial charge in [-0.15, -0.1) is 0 Å². The van der Waals surface area contributed by atoms with Gasteiger partial charge in [-0.05, 0) is 29.0 Å². The van der Waals surface area contributed by atoms with Gasteiger partial charge in [0.15, 0.2) is 0 Å². The van der Waals surface area contributed by atoms with Crippen molar-refractivity contribution in [2.75, 3.05) is 6.54 Å². The molecule has 2 rings (SSSR count). The SMILES string of the molecule is CC(C)c1ccc(CCC(=O)NCC(C(=O)O)c2ccccc2)cc1. The second-order valence-electron chi connectivity index (χ2n) is 6.50. The minimum Gasteiger partial charge on any atom is -0.481 e. The van der Waals surface area contributed by atoms with E-state index in [2.05, 4.69) is 31.3 Å². The summed E-state index contributed by atoms with van der Waals surface area (Å²) in [5, 5.41) is 12.1. The van der Waals surface area contributed by atoms with Crippen molar-refractivity contribution in [2.24, 2.45) is 0 Å². The van der Waals surface area contributed by atoms with E-state index < -0.39 is 11.9 Å². The van der Waals surface area contributed by atoms with Gasteiger partial charge < -0.3 is 10.4 Å². The van der Waals surface area contributed by atoms with Crippen LogP contribution in [0, 0.1) is 0 Å². The molecule has 0 aliphatic rings. The van der Waals surface area contributed by atoms with Crippen LogP contribution in [0.25, 0.3) is 0 Å².